The fraction of sp³-hybridized carbons (Fsp3) is 0.415. The lowest BCUT2D eigenvalue weighted by atomic mass is 9.65. The predicted octanol–water partition coefficient (Wildman–Crippen LogP) is 11.1. The van der Waals surface area contributed by atoms with Gasteiger partial charge in [-0.05, 0) is 145 Å². The summed E-state index contributed by atoms with van der Waals surface area (Å²) in [5.74, 6) is 1.68. The second kappa shape index (κ2) is 17.9. The molecule has 0 radical (unpaired) electrons. The molecule has 0 unspecified atom stereocenters. The molecule has 3 aliphatic carbocycles. The molecule has 0 atom stereocenters. The molecule has 3 saturated carbocycles. The van der Waals surface area contributed by atoms with Crippen molar-refractivity contribution in [3.8, 4) is 45.4 Å². The van der Waals surface area contributed by atoms with E-state index in [0.29, 0.717) is 62.8 Å². The Morgan fingerprint density at radius 3 is 1.45 bits per heavy atom. The summed E-state index contributed by atoms with van der Waals surface area (Å²) in [6, 6.07) is 36.1. The Kier molecular flexibility index (Phi) is 12.1. The van der Waals surface area contributed by atoms with E-state index in [4.69, 9.17) is 29.1 Å². The molecular weight excluding hydrogens is 805 g/mol. The van der Waals surface area contributed by atoms with Crippen molar-refractivity contribution in [1.82, 2.24) is 19.6 Å². The van der Waals surface area contributed by atoms with Gasteiger partial charge < -0.3 is 29.2 Å². The van der Waals surface area contributed by atoms with E-state index in [0.717, 1.165) is 82.2 Å². The lowest BCUT2D eigenvalue weighted by molar-refractivity contribution is -0.144. The topological polar surface area (TPSA) is 130 Å². The molecule has 334 valence electrons. The number of methoxy groups -OCH3 is 2. The van der Waals surface area contributed by atoms with Crippen molar-refractivity contribution >= 4 is 6.16 Å². The summed E-state index contributed by atoms with van der Waals surface area (Å²) in [5.41, 5.74) is 5.82. The average Bonchev–Trinajstić information content (AvgIpc) is 3.99. The van der Waals surface area contributed by atoms with E-state index < -0.39 is 29.1 Å². The summed E-state index contributed by atoms with van der Waals surface area (Å²) in [6.07, 6.45) is 7.72. The van der Waals surface area contributed by atoms with Gasteiger partial charge in [-0.25, -0.2) is 14.2 Å². The van der Waals surface area contributed by atoms with Gasteiger partial charge in [-0.1, -0.05) is 78.9 Å². The quantitative estimate of drug-likeness (QED) is 0.122. The van der Waals surface area contributed by atoms with Crippen LogP contribution in [0.1, 0.15) is 106 Å². The van der Waals surface area contributed by atoms with Crippen molar-refractivity contribution < 1.29 is 34.0 Å². The van der Waals surface area contributed by atoms with Gasteiger partial charge in [-0.2, -0.15) is 10.2 Å². The van der Waals surface area contributed by atoms with Gasteiger partial charge in [-0.3, -0.25) is 0 Å². The number of carbonyl (C=O) groups excluding carboxylic acids is 1. The van der Waals surface area contributed by atoms with E-state index in [1.54, 1.807) is 14.2 Å². The van der Waals surface area contributed by atoms with Gasteiger partial charge in [-0.15, -0.1) is 0 Å². The van der Waals surface area contributed by atoms with Gasteiger partial charge in [0, 0.05) is 11.1 Å². The Bertz CT molecular complexity index is 2520. The van der Waals surface area contributed by atoms with Crippen LogP contribution >= 0.6 is 0 Å². The smallest absolute Gasteiger partial charge is 0.497 e. The first-order valence-electron chi connectivity index (χ1n) is 22.9. The van der Waals surface area contributed by atoms with Crippen molar-refractivity contribution in [3.63, 3.8) is 0 Å². The van der Waals surface area contributed by atoms with Crippen LogP contribution in [0, 0.1) is 19.8 Å². The minimum Gasteiger partial charge on any atom is -0.497 e. The first kappa shape index (κ1) is 43.3. The highest BCUT2D eigenvalue weighted by molar-refractivity contribution is 5.65. The summed E-state index contributed by atoms with van der Waals surface area (Å²) in [7, 11) is 3.29. The number of ether oxygens (including phenoxy) is 4. The molecule has 2 aromatic heterocycles. The van der Waals surface area contributed by atoms with Crippen molar-refractivity contribution in [3.05, 3.63) is 132 Å². The molecule has 2 N–H and O–H groups in total. The second-order valence-electron chi connectivity index (χ2n) is 18.4. The molecule has 3 aliphatic rings. The fourth-order valence-electron chi connectivity index (χ4n) is 10.3. The zero-order chi connectivity index (χ0) is 44.5. The minimum atomic E-state index is -1.21. The molecule has 0 saturated heterocycles. The van der Waals surface area contributed by atoms with Crippen LogP contribution in [-0.4, -0.2) is 61.9 Å². The standard InChI is InChI=1S/C53H60N4O7/c1-36-10-14-38(15-11-36)46-34-48(54-56(46)41-18-22-43(61-3)23-19-41)51(59)28-26-45(27-29-51)63-50(58)64-53(40-8-6-5-7-9-40)32-30-52(60,31-33-53)49-35-47(39-16-12-37(2)13-17-39)57(55-49)42-20-24-44(62-4)25-21-42/h10-25,34-35,40,45,59-60H,5-9,26-33H2,1-4H3. The zero-order valence-electron chi connectivity index (χ0n) is 37.5. The largest absolute Gasteiger partial charge is 0.509 e. The number of benzene rings is 4. The Morgan fingerprint density at radius 2 is 1.02 bits per heavy atom. The molecule has 0 aliphatic heterocycles. The number of hydrogen-bond donors (Lipinski definition) is 2. The van der Waals surface area contributed by atoms with Crippen molar-refractivity contribution in [2.24, 2.45) is 5.92 Å². The highest BCUT2D eigenvalue weighted by Crippen LogP contribution is 2.50. The zero-order valence-corrected chi connectivity index (χ0v) is 37.5. The molecule has 11 nitrogen and oxygen atoms in total. The predicted molar refractivity (Wildman–Crippen MR) is 246 cm³/mol. The third-order valence-corrected chi connectivity index (χ3v) is 14.3. The van der Waals surface area contributed by atoms with Crippen LogP contribution in [0.3, 0.4) is 0 Å². The van der Waals surface area contributed by atoms with Crippen LogP contribution in [0.5, 0.6) is 11.5 Å². The van der Waals surface area contributed by atoms with Crippen molar-refractivity contribution in [2.75, 3.05) is 14.2 Å². The van der Waals surface area contributed by atoms with Crippen molar-refractivity contribution in [1.29, 1.82) is 0 Å². The van der Waals surface area contributed by atoms with E-state index >= 15 is 0 Å². The summed E-state index contributed by atoms with van der Waals surface area (Å²) >= 11 is 0. The molecule has 11 heteroatoms. The molecule has 0 spiro atoms. The van der Waals surface area contributed by atoms with Crippen LogP contribution in [0.25, 0.3) is 33.9 Å². The number of hydrogen-bond acceptors (Lipinski definition) is 9. The molecule has 0 bridgehead atoms. The highest BCUT2D eigenvalue weighted by atomic mass is 16.7. The Hall–Kier alpha value is -5.91. The normalized spacial score (nSPS) is 23.9. The monoisotopic (exact) mass is 864 g/mol. The third kappa shape index (κ3) is 8.80. The maximum atomic E-state index is 13.9. The molecule has 64 heavy (non-hydrogen) atoms. The number of rotatable bonds is 11. The average molecular weight is 865 g/mol. The van der Waals surface area contributed by atoms with E-state index in [9.17, 15) is 15.0 Å². The van der Waals surface area contributed by atoms with E-state index in [1.165, 1.54) is 6.42 Å². The molecule has 2 heterocycles. The van der Waals surface area contributed by atoms with Gasteiger partial charge in [0.15, 0.2) is 0 Å². The first-order chi connectivity index (χ1) is 31.0. The summed E-state index contributed by atoms with van der Waals surface area (Å²) in [6.45, 7) is 4.13. The highest BCUT2D eigenvalue weighted by Gasteiger charge is 2.51. The van der Waals surface area contributed by atoms with Crippen molar-refractivity contribution in [2.45, 2.75) is 120 Å². The van der Waals surface area contributed by atoms with E-state index in [1.807, 2.05) is 70.0 Å². The van der Waals surface area contributed by atoms with Gasteiger partial charge in [0.25, 0.3) is 0 Å². The van der Waals surface area contributed by atoms with E-state index in [2.05, 4.69) is 62.4 Å². The SMILES string of the molecule is COc1ccc(-n2nc(C3(O)CCC(OC(=O)OC4(C5CCCCC5)CCC(O)(c5cc(-c6ccc(C)cc6)n(-c6ccc(OC)cc6)n5)CC4)CC3)cc2-c2ccc(C)cc2)cc1. The minimum absolute atomic E-state index is 0.179. The summed E-state index contributed by atoms with van der Waals surface area (Å²) in [5, 5.41) is 34.7. The molecule has 4 aromatic carbocycles. The Balaban J connectivity index is 0.902. The molecule has 6 aromatic rings. The fourth-order valence-corrected chi connectivity index (χ4v) is 10.3. The maximum Gasteiger partial charge on any atom is 0.509 e. The Labute approximate surface area is 376 Å². The van der Waals surface area contributed by atoms with Crippen LogP contribution in [0.2, 0.25) is 0 Å². The number of aromatic nitrogens is 4. The van der Waals surface area contributed by atoms with E-state index in [-0.39, 0.29) is 5.92 Å². The maximum absolute atomic E-state index is 13.9. The summed E-state index contributed by atoms with van der Waals surface area (Å²) in [4.78, 5) is 13.9. The van der Waals surface area contributed by atoms with Gasteiger partial charge >= 0.3 is 6.16 Å². The molecular formula is C53H60N4O7. The van der Waals surface area contributed by atoms with Crippen LogP contribution in [-0.2, 0) is 20.7 Å². The lowest BCUT2D eigenvalue weighted by Crippen LogP contribution is -2.50. The lowest BCUT2D eigenvalue weighted by Gasteiger charge is -2.48. The number of nitrogens with zero attached hydrogens (tertiary/aromatic N) is 4. The third-order valence-electron chi connectivity index (χ3n) is 14.3. The molecule has 9 rings (SSSR count). The molecule has 3 fully saturated rings. The number of carbonyl (C=O) groups is 1. The number of aryl methyl sites for hydroxylation is 2. The van der Waals surface area contributed by atoms with Gasteiger partial charge in [0.1, 0.15) is 34.4 Å². The van der Waals surface area contributed by atoms with Crippen LogP contribution in [0.15, 0.2) is 109 Å². The first-order valence-corrected chi connectivity index (χ1v) is 22.9. The number of aliphatic hydroxyl groups is 2. The van der Waals surface area contributed by atoms with Crippen LogP contribution < -0.4 is 9.47 Å². The van der Waals surface area contributed by atoms with Gasteiger partial charge in [0.2, 0.25) is 0 Å². The second-order valence-corrected chi connectivity index (χ2v) is 18.4. The Morgan fingerprint density at radius 1 is 0.578 bits per heavy atom. The van der Waals surface area contributed by atoms with Gasteiger partial charge in [0.05, 0.1) is 48.4 Å². The molecule has 0 amide bonds. The van der Waals surface area contributed by atoms with Crippen LogP contribution in [0.4, 0.5) is 4.79 Å². The summed E-state index contributed by atoms with van der Waals surface area (Å²) < 4.78 is 27.2.